The summed E-state index contributed by atoms with van der Waals surface area (Å²) in [5.41, 5.74) is 0. The highest BCUT2D eigenvalue weighted by Crippen LogP contribution is 2.27. The molecule has 1 fully saturated rings. The summed E-state index contributed by atoms with van der Waals surface area (Å²) < 4.78 is 0.717. The van der Waals surface area contributed by atoms with Crippen molar-refractivity contribution in [2.75, 3.05) is 14.1 Å². The van der Waals surface area contributed by atoms with Crippen molar-refractivity contribution in [1.29, 1.82) is 0 Å². The van der Waals surface area contributed by atoms with Crippen molar-refractivity contribution in [3.63, 3.8) is 0 Å². The van der Waals surface area contributed by atoms with E-state index >= 15 is 0 Å². The molecular weight excluding hydrogens is 242 g/mol. The van der Waals surface area contributed by atoms with Crippen molar-refractivity contribution in [2.24, 2.45) is 5.92 Å². The molecule has 0 aliphatic heterocycles. The smallest absolute Gasteiger partial charge is 0.260 e. The lowest BCUT2D eigenvalue weighted by molar-refractivity contribution is -0.123. The summed E-state index contributed by atoms with van der Waals surface area (Å²) >= 11 is 3.35. The van der Waals surface area contributed by atoms with Crippen LogP contribution in [0.2, 0.25) is 0 Å². The van der Waals surface area contributed by atoms with Crippen LogP contribution in [0.1, 0.15) is 32.1 Å². The van der Waals surface area contributed by atoms with Gasteiger partial charge >= 0.3 is 0 Å². The molecule has 0 aromatic heterocycles. The van der Waals surface area contributed by atoms with Gasteiger partial charge in [-0.1, -0.05) is 25.3 Å². The lowest BCUT2D eigenvalue weighted by atomic mass is 9.89. The van der Waals surface area contributed by atoms with Crippen molar-refractivity contribution in [1.82, 2.24) is 4.90 Å². The van der Waals surface area contributed by atoms with Gasteiger partial charge in [0.15, 0.2) is 0 Å². The Morgan fingerprint density at radius 3 is 2.36 bits per heavy atom. The first-order valence-corrected chi connectivity index (χ1v) is 5.99. The van der Waals surface area contributed by atoms with E-state index in [9.17, 15) is 4.79 Å². The first-order valence-electron chi connectivity index (χ1n) is 5.20. The molecule has 0 heterocycles. The SMILES string of the molecule is CN(C)C(=O)/C(Br)=C/C1CCCCC1. The summed E-state index contributed by atoms with van der Waals surface area (Å²) in [6.45, 7) is 0. The monoisotopic (exact) mass is 259 g/mol. The topological polar surface area (TPSA) is 20.3 Å². The summed E-state index contributed by atoms with van der Waals surface area (Å²) in [4.78, 5) is 13.1. The van der Waals surface area contributed by atoms with E-state index in [4.69, 9.17) is 0 Å². The Bertz CT molecular complexity index is 229. The van der Waals surface area contributed by atoms with Crippen LogP contribution >= 0.6 is 15.9 Å². The summed E-state index contributed by atoms with van der Waals surface area (Å²) in [5.74, 6) is 0.664. The van der Waals surface area contributed by atoms with E-state index in [1.54, 1.807) is 19.0 Å². The average molecular weight is 260 g/mol. The highest BCUT2D eigenvalue weighted by molar-refractivity contribution is 9.12. The summed E-state index contributed by atoms with van der Waals surface area (Å²) in [6, 6.07) is 0. The zero-order chi connectivity index (χ0) is 10.6. The minimum atomic E-state index is 0.0653. The molecule has 0 aromatic carbocycles. The summed E-state index contributed by atoms with van der Waals surface area (Å²) in [7, 11) is 3.55. The van der Waals surface area contributed by atoms with Gasteiger partial charge in [-0.2, -0.15) is 0 Å². The summed E-state index contributed by atoms with van der Waals surface area (Å²) in [5, 5.41) is 0. The van der Waals surface area contributed by atoms with Gasteiger partial charge in [-0.3, -0.25) is 4.79 Å². The minimum Gasteiger partial charge on any atom is -0.344 e. The Hall–Kier alpha value is -0.310. The van der Waals surface area contributed by atoms with Crippen LogP contribution in [0.25, 0.3) is 0 Å². The van der Waals surface area contributed by atoms with Gasteiger partial charge in [0.25, 0.3) is 5.91 Å². The normalized spacial score (nSPS) is 19.5. The zero-order valence-corrected chi connectivity index (χ0v) is 10.5. The third-order valence-corrected chi connectivity index (χ3v) is 3.25. The fourth-order valence-electron chi connectivity index (χ4n) is 1.79. The second kappa shape index (κ2) is 5.54. The maximum Gasteiger partial charge on any atom is 0.260 e. The van der Waals surface area contributed by atoms with E-state index in [0.29, 0.717) is 5.92 Å². The lowest BCUT2D eigenvalue weighted by Gasteiger charge is -2.19. The molecule has 1 saturated carbocycles. The Kier molecular flexibility index (Phi) is 4.66. The van der Waals surface area contributed by atoms with Crippen LogP contribution < -0.4 is 0 Å². The molecule has 3 heteroatoms. The second-order valence-electron chi connectivity index (χ2n) is 4.11. The number of nitrogens with zero attached hydrogens (tertiary/aromatic N) is 1. The average Bonchev–Trinajstić information content (AvgIpc) is 2.18. The van der Waals surface area contributed by atoms with Crippen molar-refractivity contribution in [3.05, 3.63) is 10.6 Å². The van der Waals surface area contributed by atoms with Crippen LogP contribution in [-0.4, -0.2) is 24.9 Å². The van der Waals surface area contributed by atoms with Crippen LogP contribution in [0.15, 0.2) is 10.6 Å². The predicted octanol–water partition coefficient (Wildman–Crippen LogP) is 2.93. The number of carbonyl (C=O) groups is 1. The van der Waals surface area contributed by atoms with Gasteiger partial charge in [0.1, 0.15) is 0 Å². The van der Waals surface area contributed by atoms with Gasteiger partial charge in [-0.15, -0.1) is 0 Å². The number of allylic oxidation sites excluding steroid dienone is 1. The predicted molar refractivity (Wildman–Crippen MR) is 62.3 cm³/mol. The molecule has 0 radical (unpaired) electrons. The molecule has 1 aliphatic rings. The van der Waals surface area contributed by atoms with Gasteiger partial charge in [0.05, 0.1) is 4.48 Å². The van der Waals surface area contributed by atoms with Gasteiger partial charge in [-0.05, 0) is 34.7 Å². The molecule has 14 heavy (non-hydrogen) atoms. The van der Waals surface area contributed by atoms with Crippen LogP contribution in [0.3, 0.4) is 0 Å². The number of rotatable bonds is 2. The maximum atomic E-state index is 11.5. The Balaban J connectivity index is 2.53. The van der Waals surface area contributed by atoms with Gasteiger partial charge in [0, 0.05) is 14.1 Å². The lowest BCUT2D eigenvalue weighted by Crippen LogP contribution is -2.22. The van der Waals surface area contributed by atoms with Crippen molar-refractivity contribution >= 4 is 21.8 Å². The standard InChI is InChI=1S/C11H18BrNO/c1-13(2)11(14)10(12)8-9-6-4-3-5-7-9/h8-9H,3-7H2,1-2H3/b10-8-. The minimum absolute atomic E-state index is 0.0653. The largest absolute Gasteiger partial charge is 0.344 e. The van der Waals surface area contributed by atoms with Gasteiger partial charge in [-0.25, -0.2) is 0 Å². The Morgan fingerprint density at radius 1 is 1.29 bits per heavy atom. The fraction of sp³-hybridized carbons (Fsp3) is 0.727. The molecule has 80 valence electrons. The molecule has 0 bridgehead atoms. The first-order chi connectivity index (χ1) is 6.61. The molecule has 0 saturated heterocycles. The van der Waals surface area contributed by atoms with E-state index in [1.165, 1.54) is 32.1 Å². The summed E-state index contributed by atoms with van der Waals surface area (Å²) in [6.07, 6.45) is 8.51. The molecule has 0 atom stereocenters. The number of hydrogen-bond acceptors (Lipinski definition) is 1. The molecular formula is C11H18BrNO. The number of halogens is 1. The van der Waals surface area contributed by atoms with Crippen LogP contribution in [0, 0.1) is 5.92 Å². The molecule has 1 rings (SSSR count). The number of amides is 1. The van der Waals surface area contributed by atoms with E-state index in [-0.39, 0.29) is 5.91 Å². The van der Waals surface area contributed by atoms with E-state index in [1.807, 2.05) is 0 Å². The third kappa shape index (κ3) is 3.45. The van der Waals surface area contributed by atoms with E-state index in [0.717, 1.165) is 4.48 Å². The molecule has 2 nitrogen and oxygen atoms in total. The highest BCUT2D eigenvalue weighted by atomic mass is 79.9. The maximum absolute atomic E-state index is 11.5. The van der Waals surface area contributed by atoms with Crippen LogP contribution in [0.5, 0.6) is 0 Å². The Labute approximate surface area is 94.5 Å². The molecule has 0 N–H and O–H groups in total. The van der Waals surface area contributed by atoms with Gasteiger partial charge in [0.2, 0.25) is 0 Å². The molecule has 0 aromatic rings. The number of carbonyl (C=O) groups excluding carboxylic acids is 1. The number of likely N-dealkylation sites (N-methyl/N-ethyl adjacent to an activating group) is 1. The van der Waals surface area contributed by atoms with Crippen LogP contribution in [0.4, 0.5) is 0 Å². The fourth-order valence-corrected chi connectivity index (χ4v) is 2.52. The van der Waals surface area contributed by atoms with Crippen molar-refractivity contribution in [3.8, 4) is 0 Å². The molecule has 0 spiro atoms. The highest BCUT2D eigenvalue weighted by Gasteiger charge is 2.14. The Morgan fingerprint density at radius 2 is 1.86 bits per heavy atom. The van der Waals surface area contributed by atoms with Crippen molar-refractivity contribution < 1.29 is 4.79 Å². The second-order valence-corrected chi connectivity index (χ2v) is 4.97. The van der Waals surface area contributed by atoms with Crippen LogP contribution in [-0.2, 0) is 4.79 Å². The van der Waals surface area contributed by atoms with Crippen molar-refractivity contribution in [2.45, 2.75) is 32.1 Å². The quantitative estimate of drug-likeness (QED) is 0.699. The zero-order valence-electron chi connectivity index (χ0n) is 8.92. The van der Waals surface area contributed by atoms with E-state index in [2.05, 4.69) is 22.0 Å². The van der Waals surface area contributed by atoms with E-state index < -0.39 is 0 Å². The number of hydrogen-bond donors (Lipinski definition) is 0. The molecule has 1 amide bonds. The first kappa shape index (κ1) is 11.8. The molecule has 1 aliphatic carbocycles. The molecule has 0 unspecified atom stereocenters. The van der Waals surface area contributed by atoms with Gasteiger partial charge < -0.3 is 4.90 Å². The third-order valence-electron chi connectivity index (χ3n) is 2.64.